The minimum Gasteiger partial charge on any atom is -0.503 e. The van der Waals surface area contributed by atoms with Crippen molar-refractivity contribution in [3.63, 3.8) is 0 Å². The van der Waals surface area contributed by atoms with Gasteiger partial charge in [0.1, 0.15) is 11.6 Å². The number of rotatable bonds is 7. The third-order valence-electron chi connectivity index (χ3n) is 6.75. The number of thiophene rings is 1. The highest BCUT2D eigenvalue weighted by Crippen LogP contribution is 2.45. The Morgan fingerprint density at radius 3 is 2.60 bits per heavy atom. The van der Waals surface area contributed by atoms with Crippen LogP contribution in [0.15, 0.2) is 110 Å². The maximum absolute atomic E-state index is 13.7. The molecule has 6 aromatic rings. The fourth-order valence-electron chi connectivity index (χ4n) is 4.89. The van der Waals surface area contributed by atoms with Crippen LogP contribution < -0.4 is 4.90 Å². The Kier molecular flexibility index (Phi) is 6.22. The van der Waals surface area contributed by atoms with E-state index in [4.69, 9.17) is 4.42 Å². The van der Waals surface area contributed by atoms with Crippen molar-refractivity contribution in [2.24, 2.45) is 0 Å². The average Bonchev–Trinajstić information content (AvgIpc) is 3.78. The van der Waals surface area contributed by atoms with Crippen molar-refractivity contribution >= 4 is 73.0 Å². The summed E-state index contributed by atoms with van der Waals surface area (Å²) in [6, 6.07) is 26.1. The highest BCUT2D eigenvalue weighted by molar-refractivity contribution is 8.00. The van der Waals surface area contributed by atoms with Gasteiger partial charge in [0.15, 0.2) is 15.9 Å². The van der Waals surface area contributed by atoms with Gasteiger partial charge in [0.25, 0.3) is 5.91 Å². The third kappa shape index (κ3) is 4.21. The van der Waals surface area contributed by atoms with Crippen LogP contribution in [0.5, 0.6) is 0 Å². The maximum Gasteiger partial charge on any atom is 0.296 e. The van der Waals surface area contributed by atoms with Crippen LogP contribution in [0.1, 0.15) is 27.0 Å². The average molecular weight is 582 g/mol. The van der Waals surface area contributed by atoms with E-state index in [-0.39, 0.29) is 11.3 Å². The molecule has 0 spiro atoms. The van der Waals surface area contributed by atoms with Gasteiger partial charge in [-0.3, -0.25) is 14.5 Å². The summed E-state index contributed by atoms with van der Waals surface area (Å²) >= 11 is 4.17. The Balaban J connectivity index is 1.20. The summed E-state index contributed by atoms with van der Waals surface area (Å²) in [6.45, 7) is 0. The van der Waals surface area contributed by atoms with E-state index in [1.165, 1.54) is 55.7 Å². The number of nitrogens with zero attached hydrogens (tertiary/aromatic N) is 3. The zero-order chi connectivity index (χ0) is 27.2. The van der Waals surface area contributed by atoms with Crippen LogP contribution in [0.25, 0.3) is 21.7 Å². The molecular formula is C30H19N3O4S3. The van der Waals surface area contributed by atoms with E-state index in [9.17, 15) is 14.7 Å². The number of ketones is 1. The fourth-order valence-corrected chi connectivity index (χ4v) is 7.59. The number of fused-ring (bicyclic) bond motifs is 2. The first-order chi connectivity index (χ1) is 19.6. The summed E-state index contributed by atoms with van der Waals surface area (Å²) in [6.07, 6.45) is 0. The van der Waals surface area contributed by atoms with Gasteiger partial charge in [-0.25, -0.2) is 0 Å². The number of para-hydroxylation sites is 1. The van der Waals surface area contributed by atoms with E-state index in [0.717, 1.165) is 10.3 Å². The van der Waals surface area contributed by atoms with Crippen molar-refractivity contribution in [3.05, 3.63) is 118 Å². The minimum atomic E-state index is -0.850. The number of thioether (sulfide) groups is 1. The van der Waals surface area contributed by atoms with Crippen molar-refractivity contribution < 1.29 is 19.1 Å². The molecule has 3 aromatic carbocycles. The van der Waals surface area contributed by atoms with Crippen molar-refractivity contribution in [3.8, 4) is 0 Å². The van der Waals surface area contributed by atoms with Crippen molar-refractivity contribution in [1.29, 1.82) is 0 Å². The molecule has 1 N–H and O–H groups in total. The standard InChI is InChI=1S/C30H19N3O4S3/c34-26(22-15-18-8-2-4-12-21(18)37-22)24-25(23-13-6-14-38-23)33(28(36)27(24)35)29-31-32-30(40-29)39-16-19-10-5-9-17-7-1-3-11-20(17)19/h1-15,25,35H,16H2/t25-/m0/s1. The van der Waals surface area contributed by atoms with Crippen molar-refractivity contribution in [2.75, 3.05) is 4.90 Å². The number of carbonyl (C=O) groups is 2. The van der Waals surface area contributed by atoms with Crippen LogP contribution in [0.3, 0.4) is 0 Å². The zero-order valence-corrected chi connectivity index (χ0v) is 23.1. The lowest BCUT2D eigenvalue weighted by atomic mass is 10.0. The van der Waals surface area contributed by atoms with Gasteiger partial charge in [0.05, 0.1) is 5.57 Å². The second kappa shape index (κ2) is 10.1. The quantitative estimate of drug-likeness (QED) is 0.118. The second-order valence-corrected chi connectivity index (χ2v) is 12.3. The Labute approximate surface area is 240 Å². The number of hydrogen-bond acceptors (Lipinski definition) is 9. The fraction of sp³-hybridized carbons (Fsp3) is 0.0667. The summed E-state index contributed by atoms with van der Waals surface area (Å²) in [5.74, 6) is -1.11. The number of aromatic nitrogens is 2. The van der Waals surface area contributed by atoms with Crippen LogP contribution in [-0.2, 0) is 10.5 Å². The van der Waals surface area contributed by atoms with Crippen molar-refractivity contribution in [1.82, 2.24) is 10.2 Å². The number of aliphatic hydroxyl groups excluding tert-OH is 1. The molecule has 1 aliphatic heterocycles. The molecule has 4 heterocycles. The lowest BCUT2D eigenvalue weighted by Gasteiger charge is -2.22. The van der Waals surface area contributed by atoms with E-state index >= 15 is 0 Å². The molecule has 1 atom stereocenters. The first-order valence-electron chi connectivity index (χ1n) is 12.3. The van der Waals surface area contributed by atoms with E-state index in [2.05, 4.69) is 34.5 Å². The number of carbonyl (C=O) groups excluding carboxylic acids is 2. The SMILES string of the molecule is O=C(C1=C(O)C(=O)N(c2nnc(SCc3cccc4ccccc34)s2)[C@H]1c1cccs1)c1cc2ccccc2o1. The van der Waals surface area contributed by atoms with Gasteiger partial charge < -0.3 is 9.52 Å². The van der Waals surface area contributed by atoms with Gasteiger partial charge in [-0.2, -0.15) is 0 Å². The first-order valence-corrected chi connectivity index (χ1v) is 15.0. The first kappa shape index (κ1) is 24.8. The number of aliphatic hydroxyl groups is 1. The molecule has 0 saturated carbocycles. The molecule has 0 radical (unpaired) electrons. The predicted molar refractivity (Wildman–Crippen MR) is 158 cm³/mol. The maximum atomic E-state index is 13.7. The van der Waals surface area contributed by atoms with Crippen LogP contribution >= 0.6 is 34.4 Å². The summed E-state index contributed by atoms with van der Waals surface area (Å²) in [7, 11) is 0. The molecule has 1 amide bonds. The monoisotopic (exact) mass is 581 g/mol. The van der Waals surface area contributed by atoms with Gasteiger partial charge in [-0.05, 0) is 39.9 Å². The van der Waals surface area contributed by atoms with Gasteiger partial charge >= 0.3 is 0 Å². The topological polar surface area (TPSA) is 96.5 Å². The zero-order valence-electron chi connectivity index (χ0n) is 20.7. The number of hydrogen-bond donors (Lipinski definition) is 1. The molecule has 1 aliphatic rings. The number of benzene rings is 3. The van der Waals surface area contributed by atoms with Crippen LogP contribution in [0.2, 0.25) is 0 Å². The third-order valence-corrected chi connectivity index (χ3v) is 9.78. The second-order valence-electron chi connectivity index (χ2n) is 9.11. The molecule has 3 aromatic heterocycles. The van der Waals surface area contributed by atoms with Crippen LogP contribution in [0.4, 0.5) is 5.13 Å². The predicted octanol–water partition coefficient (Wildman–Crippen LogP) is 7.57. The van der Waals surface area contributed by atoms with Gasteiger partial charge in [-0.1, -0.05) is 89.8 Å². The lowest BCUT2D eigenvalue weighted by Crippen LogP contribution is -2.30. The molecule has 196 valence electrons. The van der Waals surface area contributed by atoms with E-state index in [0.29, 0.717) is 20.8 Å². The lowest BCUT2D eigenvalue weighted by molar-refractivity contribution is -0.117. The molecular weight excluding hydrogens is 563 g/mol. The normalized spacial score (nSPS) is 15.6. The van der Waals surface area contributed by atoms with Crippen LogP contribution in [0, 0.1) is 0 Å². The minimum absolute atomic E-state index is 0.0355. The van der Waals surface area contributed by atoms with Gasteiger partial charge in [0.2, 0.25) is 10.9 Å². The van der Waals surface area contributed by atoms with E-state index in [1.54, 1.807) is 12.1 Å². The van der Waals surface area contributed by atoms with E-state index in [1.807, 2.05) is 53.9 Å². The largest absolute Gasteiger partial charge is 0.503 e. The smallest absolute Gasteiger partial charge is 0.296 e. The summed E-state index contributed by atoms with van der Waals surface area (Å²) in [5.41, 5.74) is 1.69. The van der Waals surface area contributed by atoms with Gasteiger partial charge in [0, 0.05) is 16.0 Å². The molecule has 0 saturated heterocycles. The highest BCUT2D eigenvalue weighted by atomic mass is 32.2. The number of amides is 1. The Bertz CT molecular complexity index is 1900. The molecule has 0 fully saturated rings. The molecule has 7 rings (SSSR count). The van der Waals surface area contributed by atoms with Gasteiger partial charge in [-0.15, -0.1) is 21.5 Å². The summed E-state index contributed by atoms with van der Waals surface area (Å²) in [5, 5.41) is 24.9. The molecule has 0 aliphatic carbocycles. The summed E-state index contributed by atoms with van der Waals surface area (Å²) in [4.78, 5) is 29.2. The van der Waals surface area contributed by atoms with Crippen molar-refractivity contribution in [2.45, 2.75) is 16.1 Å². The summed E-state index contributed by atoms with van der Waals surface area (Å²) < 4.78 is 6.47. The number of furan rings is 1. The molecule has 0 unspecified atom stereocenters. The molecule has 7 nitrogen and oxygen atoms in total. The Morgan fingerprint density at radius 1 is 0.975 bits per heavy atom. The highest BCUT2D eigenvalue weighted by Gasteiger charge is 2.47. The molecule has 0 bridgehead atoms. The Morgan fingerprint density at radius 2 is 1.77 bits per heavy atom. The van der Waals surface area contributed by atoms with Crippen LogP contribution in [-0.4, -0.2) is 27.0 Å². The van der Waals surface area contributed by atoms with E-state index < -0.39 is 23.5 Å². The molecule has 40 heavy (non-hydrogen) atoms. The Hall–Kier alpha value is -4.25. The number of Topliss-reactive ketones (excluding diaryl/α,β-unsaturated/α-hetero) is 1. The molecule has 10 heteroatoms. The number of anilines is 1.